The number of anilines is 3. The standard InChI is InChI=1S/C25H28ClN3O6S2/c1-18-6-8-20(9-7-18)28-37(33,34)22-13-10-19(11-14-22)27-25(30)5-4-16-29(36(3,31)32)21-12-15-24(35-2)23(26)17-21/h6-15,17,28H,4-5,16H2,1-3H3,(H,27,30). The molecule has 0 radical (unpaired) electrons. The fraction of sp³-hybridized carbons (Fsp3) is 0.240. The summed E-state index contributed by atoms with van der Waals surface area (Å²) in [4.78, 5) is 12.5. The van der Waals surface area contributed by atoms with E-state index in [1.165, 1.54) is 41.7 Å². The lowest BCUT2D eigenvalue weighted by Gasteiger charge is -2.23. The number of carbonyl (C=O) groups is 1. The minimum atomic E-state index is -3.79. The first-order valence-electron chi connectivity index (χ1n) is 11.2. The Morgan fingerprint density at radius 1 is 0.946 bits per heavy atom. The van der Waals surface area contributed by atoms with Crippen molar-refractivity contribution in [1.82, 2.24) is 0 Å². The van der Waals surface area contributed by atoms with Crippen molar-refractivity contribution in [3.63, 3.8) is 0 Å². The van der Waals surface area contributed by atoms with Crippen molar-refractivity contribution in [3.8, 4) is 5.75 Å². The van der Waals surface area contributed by atoms with Gasteiger partial charge < -0.3 is 10.1 Å². The summed E-state index contributed by atoms with van der Waals surface area (Å²) < 4.78 is 58.6. The molecule has 0 saturated heterocycles. The molecule has 3 aromatic carbocycles. The lowest BCUT2D eigenvalue weighted by Crippen LogP contribution is -2.31. The van der Waals surface area contributed by atoms with Gasteiger partial charge in [0.15, 0.2) is 0 Å². The molecule has 0 heterocycles. The van der Waals surface area contributed by atoms with Gasteiger partial charge in [-0.25, -0.2) is 16.8 Å². The second-order valence-corrected chi connectivity index (χ2v) is 12.3. The van der Waals surface area contributed by atoms with Crippen molar-refractivity contribution in [3.05, 3.63) is 77.3 Å². The summed E-state index contributed by atoms with van der Waals surface area (Å²) in [6.07, 6.45) is 1.37. The summed E-state index contributed by atoms with van der Waals surface area (Å²) in [5.74, 6) is 0.0811. The molecule has 3 aromatic rings. The average Bonchev–Trinajstić information content (AvgIpc) is 2.83. The SMILES string of the molecule is COc1ccc(N(CCCC(=O)Nc2ccc(S(=O)(=O)Nc3ccc(C)cc3)cc2)S(C)(=O)=O)cc1Cl. The lowest BCUT2D eigenvalue weighted by atomic mass is 10.2. The number of aryl methyl sites for hydroxylation is 1. The van der Waals surface area contributed by atoms with Crippen molar-refractivity contribution < 1.29 is 26.4 Å². The maximum Gasteiger partial charge on any atom is 0.261 e. The van der Waals surface area contributed by atoms with Gasteiger partial charge >= 0.3 is 0 Å². The molecule has 0 spiro atoms. The lowest BCUT2D eigenvalue weighted by molar-refractivity contribution is -0.116. The van der Waals surface area contributed by atoms with Crippen LogP contribution in [-0.4, -0.2) is 42.7 Å². The number of methoxy groups -OCH3 is 1. The topological polar surface area (TPSA) is 122 Å². The van der Waals surface area contributed by atoms with E-state index in [0.29, 0.717) is 22.8 Å². The van der Waals surface area contributed by atoms with Crippen molar-refractivity contribution in [2.75, 3.05) is 34.3 Å². The summed E-state index contributed by atoms with van der Waals surface area (Å²) in [6, 6.07) is 17.4. The van der Waals surface area contributed by atoms with Crippen molar-refractivity contribution in [2.45, 2.75) is 24.7 Å². The third-order valence-electron chi connectivity index (χ3n) is 5.34. The molecule has 0 unspecified atom stereocenters. The van der Waals surface area contributed by atoms with Crippen LogP contribution in [0.25, 0.3) is 0 Å². The molecule has 0 fully saturated rings. The first-order valence-corrected chi connectivity index (χ1v) is 14.9. The molecular weight excluding hydrogens is 538 g/mol. The van der Waals surface area contributed by atoms with Crippen LogP contribution in [0.2, 0.25) is 5.02 Å². The Morgan fingerprint density at radius 2 is 1.57 bits per heavy atom. The predicted molar refractivity (Wildman–Crippen MR) is 146 cm³/mol. The molecule has 198 valence electrons. The summed E-state index contributed by atoms with van der Waals surface area (Å²) in [5.41, 5.74) is 2.24. The predicted octanol–water partition coefficient (Wildman–Crippen LogP) is 4.64. The summed E-state index contributed by atoms with van der Waals surface area (Å²) in [5, 5.41) is 2.96. The Balaban J connectivity index is 1.58. The van der Waals surface area contributed by atoms with Crippen LogP contribution in [0.4, 0.5) is 17.1 Å². The van der Waals surface area contributed by atoms with E-state index in [1.807, 2.05) is 6.92 Å². The van der Waals surface area contributed by atoms with E-state index in [4.69, 9.17) is 16.3 Å². The van der Waals surface area contributed by atoms with E-state index >= 15 is 0 Å². The number of amides is 1. The molecule has 12 heteroatoms. The van der Waals surface area contributed by atoms with E-state index in [1.54, 1.807) is 36.4 Å². The maximum atomic E-state index is 12.6. The first-order chi connectivity index (χ1) is 17.4. The molecule has 37 heavy (non-hydrogen) atoms. The number of sulfonamides is 2. The number of nitrogens with zero attached hydrogens (tertiary/aromatic N) is 1. The smallest absolute Gasteiger partial charge is 0.261 e. The fourth-order valence-electron chi connectivity index (χ4n) is 3.46. The monoisotopic (exact) mass is 565 g/mol. The van der Waals surface area contributed by atoms with Crippen molar-refractivity contribution in [1.29, 1.82) is 0 Å². The Morgan fingerprint density at radius 3 is 2.14 bits per heavy atom. The van der Waals surface area contributed by atoms with Gasteiger partial charge in [-0.3, -0.25) is 13.8 Å². The second kappa shape index (κ2) is 11.8. The van der Waals surface area contributed by atoms with Crippen LogP contribution in [-0.2, 0) is 24.8 Å². The van der Waals surface area contributed by atoms with Crippen molar-refractivity contribution >= 4 is 54.6 Å². The highest BCUT2D eigenvalue weighted by molar-refractivity contribution is 7.92. The number of ether oxygens (including phenoxy) is 1. The molecule has 9 nitrogen and oxygen atoms in total. The quantitative estimate of drug-likeness (QED) is 0.349. The number of hydrogen-bond acceptors (Lipinski definition) is 6. The van der Waals surface area contributed by atoms with Crippen LogP contribution in [0.3, 0.4) is 0 Å². The highest BCUT2D eigenvalue weighted by Gasteiger charge is 2.19. The number of hydrogen-bond donors (Lipinski definition) is 2. The van der Waals surface area contributed by atoms with Gasteiger partial charge in [-0.15, -0.1) is 0 Å². The Kier molecular flexibility index (Phi) is 9.06. The molecule has 0 bridgehead atoms. The number of benzene rings is 3. The molecule has 0 aliphatic rings. The molecule has 0 atom stereocenters. The van der Waals surface area contributed by atoms with Crippen LogP contribution in [0, 0.1) is 6.92 Å². The molecule has 0 saturated carbocycles. The largest absolute Gasteiger partial charge is 0.495 e. The highest BCUT2D eigenvalue weighted by Crippen LogP contribution is 2.30. The van der Waals surface area contributed by atoms with E-state index < -0.39 is 20.0 Å². The molecule has 0 aliphatic heterocycles. The van der Waals surface area contributed by atoms with Gasteiger partial charge in [-0.2, -0.15) is 0 Å². The van der Waals surface area contributed by atoms with Gasteiger partial charge in [-0.1, -0.05) is 29.3 Å². The van der Waals surface area contributed by atoms with Crippen LogP contribution in [0.15, 0.2) is 71.6 Å². The van der Waals surface area contributed by atoms with Gasteiger partial charge in [0.2, 0.25) is 15.9 Å². The zero-order valence-corrected chi connectivity index (χ0v) is 23.0. The molecular formula is C25H28ClN3O6S2. The number of nitrogens with one attached hydrogen (secondary N) is 2. The van der Waals surface area contributed by atoms with Crippen LogP contribution in [0.1, 0.15) is 18.4 Å². The maximum absolute atomic E-state index is 12.6. The molecule has 1 amide bonds. The van der Waals surface area contributed by atoms with E-state index in [2.05, 4.69) is 10.0 Å². The zero-order valence-electron chi connectivity index (χ0n) is 20.6. The van der Waals surface area contributed by atoms with Crippen LogP contribution < -0.4 is 19.1 Å². The molecule has 0 aromatic heterocycles. The summed E-state index contributed by atoms with van der Waals surface area (Å²) in [7, 11) is -5.94. The number of rotatable bonds is 11. The van der Waals surface area contributed by atoms with Crippen molar-refractivity contribution in [2.24, 2.45) is 0 Å². The highest BCUT2D eigenvalue weighted by atomic mass is 35.5. The average molecular weight is 566 g/mol. The van der Waals surface area contributed by atoms with Gasteiger partial charge in [0.1, 0.15) is 5.75 Å². The molecule has 3 rings (SSSR count). The Bertz CT molecular complexity index is 1460. The minimum Gasteiger partial charge on any atom is -0.495 e. The first kappa shape index (κ1) is 28.3. The van der Waals surface area contributed by atoms with E-state index in [-0.39, 0.29) is 35.2 Å². The minimum absolute atomic E-state index is 0.0466. The number of halogens is 1. The van der Waals surface area contributed by atoms with E-state index in [0.717, 1.165) is 11.8 Å². The third-order valence-corrected chi connectivity index (χ3v) is 8.23. The van der Waals surface area contributed by atoms with Gasteiger partial charge in [0.05, 0.1) is 29.0 Å². The zero-order chi connectivity index (χ0) is 27.2. The normalized spacial score (nSPS) is 11.6. The van der Waals surface area contributed by atoms with Gasteiger partial charge in [0, 0.05) is 24.3 Å². The molecule has 0 aliphatic carbocycles. The van der Waals surface area contributed by atoms with Crippen LogP contribution >= 0.6 is 11.6 Å². The third kappa shape index (κ3) is 7.85. The Hall–Kier alpha value is -3.28. The summed E-state index contributed by atoms with van der Waals surface area (Å²) in [6.45, 7) is 1.97. The van der Waals surface area contributed by atoms with E-state index in [9.17, 15) is 21.6 Å². The van der Waals surface area contributed by atoms with Gasteiger partial charge in [0.25, 0.3) is 10.0 Å². The van der Waals surface area contributed by atoms with Crippen LogP contribution in [0.5, 0.6) is 5.75 Å². The second-order valence-electron chi connectivity index (χ2n) is 8.30. The Labute approximate surface area is 222 Å². The van der Waals surface area contributed by atoms with Gasteiger partial charge in [-0.05, 0) is 67.9 Å². The number of carbonyl (C=O) groups excluding carboxylic acids is 1. The summed E-state index contributed by atoms with van der Waals surface area (Å²) >= 11 is 6.13. The molecule has 2 N–H and O–H groups in total. The fourth-order valence-corrected chi connectivity index (χ4v) is 5.72.